The summed E-state index contributed by atoms with van der Waals surface area (Å²) in [7, 11) is 0. The number of non-ortho nitro benzene ring substituents is 1. The standard InChI is InChI=1S/C12H15N5O3/c18-17(19)11-3-1-10(2-4-11)16-9-13-12(14-16)15-5-7-20-8-6-15/h1-4H,5-9H2,(H,13,14). The van der Waals surface area contributed by atoms with E-state index in [1.165, 1.54) is 12.1 Å². The molecule has 8 nitrogen and oxygen atoms in total. The minimum atomic E-state index is -0.406. The highest BCUT2D eigenvalue weighted by Gasteiger charge is 2.22. The Labute approximate surface area is 115 Å². The molecule has 1 saturated heterocycles. The van der Waals surface area contributed by atoms with Gasteiger partial charge in [0, 0.05) is 25.2 Å². The number of benzene rings is 1. The molecular weight excluding hydrogens is 262 g/mol. The Kier molecular flexibility index (Phi) is 3.38. The number of hydrogen-bond donors (Lipinski definition) is 1. The maximum Gasteiger partial charge on any atom is 0.269 e. The third-order valence-electron chi connectivity index (χ3n) is 3.28. The van der Waals surface area contributed by atoms with E-state index in [-0.39, 0.29) is 5.69 Å². The van der Waals surface area contributed by atoms with Crippen LogP contribution in [0.25, 0.3) is 0 Å². The van der Waals surface area contributed by atoms with Crippen molar-refractivity contribution in [2.24, 2.45) is 4.99 Å². The Balaban J connectivity index is 1.64. The molecule has 0 saturated carbocycles. The van der Waals surface area contributed by atoms with Gasteiger partial charge in [-0.25, -0.2) is 4.99 Å². The number of hydrogen-bond acceptors (Lipinski definition) is 7. The Bertz CT molecular complexity index is 524. The number of nitrogens with one attached hydrogen (secondary N) is 1. The van der Waals surface area contributed by atoms with E-state index in [4.69, 9.17) is 4.74 Å². The number of nitro benzene ring substituents is 1. The van der Waals surface area contributed by atoms with E-state index < -0.39 is 4.92 Å². The van der Waals surface area contributed by atoms with Gasteiger partial charge in [-0.15, -0.1) is 0 Å². The van der Waals surface area contributed by atoms with Crippen LogP contribution in [0.3, 0.4) is 0 Å². The van der Waals surface area contributed by atoms with Gasteiger partial charge in [-0.2, -0.15) is 0 Å². The van der Waals surface area contributed by atoms with Crippen LogP contribution in [0.4, 0.5) is 11.4 Å². The number of nitrogens with zero attached hydrogens (tertiary/aromatic N) is 4. The molecule has 2 aliphatic rings. The van der Waals surface area contributed by atoms with E-state index in [0.717, 1.165) is 24.7 Å². The lowest BCUT2D eigenvalue weighted by atomic mass is 10.3. The van der Waals surface area contributed by atoms with Gasteiger partial charge < -0.3 is 9.64 Å². The highest BCUT2D eigenvalue weighted by molar-refractivity contribution is 5.84. The molecule has 0 bridgehead atoms. The molecule has 0 aliphatic carbocycles. The Hall–Kier alpha value is -2.35. The molecule has 0 atom stereocenters. The van der Waals surface area contributed by atoms with E-state index in [1.807, 2.05) is 5.01 Å². The van der Waals surface area contributed by atoms with Crippen molar-refractivity contribution in [2.45, 2.75) is 0 Å². The van der Waals surface area contributed by atoms with Crippen molar-refractivity contribution in [3.8, 4) is 0 Å². The fourth-order valence-corrected chi connectivity index (χ4v) is 2.18. The molecule has 3 rings (SSSR count). The van der Waals surface area contributed by atoms with Crippen LogP contribution in [0.15, 0.2) is 29.3 Å². The first kappa shape index (κ1) is 12.7. The summed E-state index contributed by atoms with van der Waals surface area (Å²) in [6.07, 6.45) is 0. The van der Waals surface area contributed by atoms with Crippen molar-refractivity contribution < 1.29 is 9.66 Å². The summed E-state index contributed by atoms with van der Waals surface area (Å²) >= 11 is 0. The molecule has 2 heterocycles. The maximum absolute atomic E-state index is 10.6. The van der Waals surface area contributed by atoms with Gasteiger partial charge in [-0.1, -0.05) is 0 Å². The van der Waals surface area contributed by atoms with Crippen molar-refractivity contribution in [3.05, 3.63) is 34.4 Å². The average molecular weight is 277 g/mol. The lowest BCUT2D eigenvalue weighted by molar-refractivity contribution is -0.384. The average Bonchev–Trinajstić information content (AvgIpc) is 2.98. The molecule has 1 fully saturated rings. The summed E-state index contributed by atoms with van der Waals surface area (Å²) in [6.45, 7) is 3.54. The Morgan fingerprint density at radius 1 is 1.25 bits per heavy atom. The minimum absolute atomic E-state index is 0.0854. The molecule has 0 aromatic heterocycles. The quantitative estimate of drug-likeness (QED) is 0.628. The summed E-state index contributed by atoms with van der Waals surface area (Å²) in [6, 6.07) is 6.40. The van der Waals surface area contributed by atoms with Crippen LogP contribution in [0.2, 0.25) is 0 Å². The van der Waals surface area contributed by atoms with Crippen LogP contribution in [0.5, 0.6) is 0 Å². The number of morpholine rings is 1. The third kappa shape index (κ3) is 2.50. The minimum Gasteiger partial charge on any atom is -0.378 e. The Morgan fingerprint density at radius 2 is 1.95 bits per heavy atom. The Morgan fingerprint density at radius 3 is 2.60 bits per heavy atom. The molecule has 20 heavy (non-hydrogen) atoms. The summed E-state index contributed by atoms with van der Waals surface area (Å²) in [5.74, 6) is 0.826. The van der Waals surface area contributed by atoms with E-state index in [0.29, 0.717) is 19.9 Å². The van der Waals surface area contributed by atoms with Crippen molar-refractivity contribution in [2.75, 3.05) is 38.0 Å². The highest BCUT2D eigenvalue weighted by Crippen LogP contribution is 2.19. The predicted molar refractivity (Wildman–Crippen MR) is 73.4 cm³/mol. The SMILES string of the molecule is O=[N+]([O-])c1ccc(N2CN=C(N3CCOCC3)N2)cc1. The first-order chi connectivity index (χ1) is 9.74. The van der Waals surface area contributed by atoms with Crippen molar-refractivity contribution in [1.29, 1.82) is 0 Å². The number of rotatable bonds is 2. The number of ether oxygens (including phenoxy) is 1. The van der Waals surface area contributed by atoms with Crippen LogP contribution in [0, 0.1) is 10.1 Å². The second-order valence-corrected chi connectivity index (χ2v) is 4.54. The normalized spacial score (nSPS) is 18.7. The van der Waals surface area contributed by atoms with Gasteiger partial charge in [0.05, 0.1) is 23.8 Å². The second-order valence-electron chi connectivity index (χ2n) is 4.54. The van der Waals surface area contributed by atoms with Crippen LogP contribution in [-0.4, -0.2) is 48.8 Å². The third-order valence-corrected chi connectivity index (χ3v) is 3.28. The lowest BCUT2D eigenvalue weighted by Gasteiger charge is -2.29. The first-order valence-electron chi connectivity index (χ1n) is 6.40. The van der Waals surface area contributed by atoms with Crippen LogP contribution in [-0.2, 0) is 4.74 Å². The van der Waals surface area contributed by atoms with E-state index >= 15 is 0 Å². The topological polar surface area (TPSA) is 83.2 Å². The van der Waals surface area contributed by atoms with Gasteiger partial charge in [0.15, 0.2) is 0 Å². The summed E-state index contributed by atoms with van der Waals surface area (Å²) in [5, 5.41) is 12.5. The number of aliphatic imine (C=N–C) groups is 1. The van der Waals surface area contributed by atoms with Crippen LogP contribution < -0.4 is 10.4 Å². The van der Waals surface area contributed by atoms with E-state index in [1.54, 1.807) is 12.1 Å². The number of nitro groups is 1. The molecular formula is C12H15N5O3. The van der Waals surface area contributed by atoms with Crippen molar-refractivity contribution in [3.63, 3.8) is 0 Å². The number of guanidine groups is 1. The van der Waals surface area contributed by atoms with Gasteiger partial charge in [0.2, 0.25) is 5.96 Å². The second kappa shape index (κ2) is 5.33. The molecule has 106 valence electrons. The van der Waals surface area contributed by atoms with E-state index in [9.17, 15) is 10.1 Å². The van der Waals surface area contributed by atoms with Gasteiger partial charge in [-0.05, 0) is 12.1 Å². The molecule has 8 heteroatoms. The number of hydrazine groups is 1. The van der Waals surface area contributed by atoms with Crippen LogP contribution in [0.1, 0.15) is 0 Å². The van der Waals surface area contributed by atoms with E-state index in [2.05, 4.69) is 15.3 Å². The molecule has 0 spiro atoms. The van der Waals surface area contributed by atoms with Gasteiger partial charge in [-0.3, -0.25) is 20.5 Å². The zero-order chi connectivity index (χ0) is 13.9. The molecule has 1 aromatic carbocycles. The smallest absolute Gasteiger partial charge is 0.269 e. The molecule has 1 aromatic rings. The lowest BCUT2D eigenvalue weighted by Crippen LogP contribution is -2.49. The van der Waals surface area contributed by atoms with Gasteiger partial charge >= 0.3 is 0 Å². The van der Waals surface area contributed by atoms with Gasteiger partial charge in [0.1, 0.15) is 6.67 Å². The summed E-state index contributed by atoms with van der Waals surface area (Å²) < 4.78 is 5.30. The fourth-order valence-electron chi connectivity index (χ4n) is 2.18. The predicted octanol–water partition coefficient (Wildman–Crippen LogP) is 0.565. The summed E-state index contributed by atoms with van der Waals surface area (Å²) in [4.78, 5) is 16.8. The van der Waals surface area contributed by atoms with Gasteiger partial charge in [0.25, 0.3) is 5.69 Å². The monoisotopic (exact) mass is 277 g/mol. The van der Waals surface area contributed by atoms with Crippen LogP contribution >= 0.6 is 0 Å². The molecule has 2 aliphatic heterocycles. The zero-order valence-electron chi connectivity index (χ0n) is 10.9. The molecule has 1 N–H and O–H groups in total. The van der Waals surface area contributed by atoms with Crippen molar-refractivity contribution in [1.82, 2.24) is 10.3 Å². The first-order valence-corrected chi connectivity index (χ1v) is 6.40. The molecule has 0 amide bonds. The maximum atomic E-state index is 10.6. The fraction of sp³-hybridized carbons (Fsp3) is 0.417. The summed E-state index contributed by atoms with van der Waals surface area (Å²) in [5.41, 5.74) is 4.14. The molecule has 0 unspecified atom stereocenters. The number of anilines is 1. The molecule has 0 radical (unpaired) electrons. The largest absolute Gasteiger partial charge is 0.378 e. The zero-order valence-corrected chi connectivity index (χ0v) is 10.9. The van der Waals surface area contributed by atoms with Crippen molar-refractivity contribution >= 4 is 17.3 Å². The highest BCUT2D eigenvalue weighted by atomic mass is 16.6.